The fourth-order valence-corrected chi connectivity index (χ4v) is 4.18. The highest BCUT2D eigenvalue weighted by molar-refractivity contribution is 9.10. The zero-order chi connectivity index (χ0) is 11.8. The molecule has 0 aliphatic carbocycles. The standard InChI is InChI=1S/C10H12BrNO3S/c11-9-3-1-2-4-10(9)16(14,15)12-6-5-8(13)7-12/h1-4,8,13H,5-7H2/t8-/m1/s1. The summed E-state index contributed by atoms with van der Waals surface area (Å²) in [6, 6.07) is 6.70. The third-order valence-corrected chi connectivity index (χ3v) is 5.46. The minimum absolute atomic E-state index is 0.184. The molecule has 0 spiro atoms. The number of β-amino-alcohol motifs (C(OH)–C–C–N with tert-alkyl or cyclic N) is 1. The summed E-state index contributed by atoms with van der Waals surface area (Å²) in [5.74, 6) is 0. The molecule has 16 heavy (non-hydrogen) atoms. The van der Waals surface area contributed by atoms with Crippen LogP contribution >= 0.6 is 15.9 Å². The van der Waals surface area contributed by atoms with E-state index in [4.69, 9.17) is 0 Å². The Morgan fingerprint density at radius 1 is 1.38 bits per heavy atom. The molecule has 1 N–H and O–H groups in total. The lowest BCUT2D eigenvalue weighted by atomic mass is 10.3. The number of aliphatic hydroxyl groups excluding tert-OH is 1. The molecule has 88 valence electrons. The van der Waals surface area contributed by atoms with Gasteiger partial charge >= 0.3 is 0 Å². The van der Waals surface area contributed by atoms with Crippen molar-refractivity contribution in [1.82, 2.24) is 4.31 Å². The van der Waals surface area contributed by atoms with Crippen molar-refractivity contribution in [3.05, 3.63) is 28.7 Å². The van der Waals surface area contributed by atoms with Gasteiger partial charge in [0.25, 0.3) is 0 Å². The van der Waals surface area contributed by atoms with Gasteiger partial charge in [-0.3, -0.25) is 0 Å². The Bertz CT molecular complexity index is 489. The van der Waals surface area contributed by atoms with Crippen molar-refractivity contribution in [3.8, 4) is 0 Å². The van der Waals surface area contributed by atoms with Crippen LogP contribution in [-0.4, -0.2) is 37.0 Å². The Labute approximate surface area is 103 Å². The first-order valence-electron chi connectivity index (χ1n) is 4.94. The monoisotopic (exact) mass is 305 g/mol. The van der Waals surface area contributed by atoms with E-state index in [0.717, 1.165) is 0 Å². The predicted octanol–water partition coefficient (Wildman–Crippen LogP) is 1.20. The van der Waals surface area contributed by atoms with E-state index >= 15 is 0 Å². The van der Waals surface area contributed by atoms with Crippen molar-refractivity contribution in [2.24, 2.45) is 0 Å². The second-order valence-corrected chi connectivity index (χ2v) is 6.50. The van der Waals surface area contributed by atoms with Crippen LogP contribution in [0.15, 0.2) is 33.6 Å². The van der Waals surface area contributed by atoms with Crippen LogP contribution < -0.4 is 0 Å². The zero-order valence-corrected chi connectivity index (χ0v) is 10.9. The van der Waals surface area contributed by atoms with Crippen LogP contribution in [0.3, 0.4) is 0 Å². The second-order valence-electron chi connectivity index (χ2n) is 3.74. The number of benzene rings is 1. The minimum Gasteiger partial charge on any atom is -0.392 e. The highest BCUT2D eigenvalue weighted by Gasteiger charge is 2.32. The third-order valence-electron chi connectivity index (χ3n) is 2.58. The average Bonchev–Trinajstić information content (AvgIpc) is 2.66. The van der Waals surface area contributed by atoms with Crippen LogP contribution in [0.2, 0.25) is 0 Å². The van der Waals surface area contributed by atoms with Gasteiger partial charge in [-0.1, -0.05) is 12.1 Å². The summed E-state index contributed by atoms with van der Waals surface area (Å²) in [5, 5.41) is 9.36. The van der Waals surface area contributed by atoms with Crippen LogP contribution in [0, 0.1) is 0 Å². The van der Waals surface area contributed by atoms with Gasteiger partial charge in [-0.05, 0) is 34.5 Å². The lowest BCUT2D eigenvalue weighted by Crippen LogP contribution is -2.29. The Kier molecular flexibility index (Phi) is 3.34. The molecular formula is C10H12BrNO3S. The van der Waals surface area contributed by atoms with Crippen LogP contribution in [0.5, 0.6) is 0 Å². The summed E-state index contributed by atoms with van der Waals surface area (Å²) < 4.78 is 26.2. The first-order valence-corrected chi connectivity index (χ1v) is 7.18. The van der Waals surface area contributed by atoms with Gasteiger partial charge < -0.3 is 5.11 Å². The normalized spacial score (nSPS) is 22.5. The molecule has 1 aromatic carbocycles. The van der Waals surface area contributed by atoms with Gasteiger partial charge in [0.2, 0.25) is 10.0 Å². The van der Waals surface area contributed by atoms with Crippen molar-refractivity contribution in [2.45, 2.75) is 17.4 Å². The fraction of sp³-hybridized carbons (Fsp3) is 0.400. The largest absolute Gasteiger partial charge is 0.392 e. The van der Waals surface area contributed by atoms with Crippen LogP contribution in [0.1, 0.15) is 6.42 Å². The number of halogens is 1. The maximum atomic E-state index is 12.2. The van der Waals surface area contributed by atoms with Crippen LogP contribution in [-0.2, 0) is 10.0 Å². The van der Waals surface area contributed by atoms with Crippen molar-refractivity contribution in [2.75, 3.05) is 13.1 Å². The van der Waals surface area contributed by atoms with Gasteiger partial charge in [0.15, 0.2) is 0 Å². The molecule has 1 fully saturated rings. The topological polar surface area (TPSA) is 57.6 Å². The molecule has 0 aromatic heterocycles. The van der Waals surface area contributed by atoms with Gasteiger partial charge in [0.1, 0.15) is 0 Å². The molecule has 6 heteroatoms. The third kappa shape index (κ3) is 2.15. The van der Waals surface area contributed by atoms with Crippen LogP contribution in [0.25, 0.3) is 0 Å². The molecule has 4 nitrogen and oxygen atoms in total. The van der Waals surface area contributed by atoms with E-state index in [-0.39, 0.29) is 11.4 Å². The molecule has 1 aromatic rings. The minimum atomic E-state index is -3.48. The molecule has 1 saturated heterocycles. The van der Waals surface area contributed by atoms with Crippen molar-refractivity contribution in [1.29, 1.82) is 0 Å². The van der Waals surface area contributed by atoms with E-state index < -0.39 is 16.1 Å². The quantitative estimate of drug-likeness (QED) is 0.893. The van der Waals surface area contributed by atoms with E-state index in [1.54, 1.807) is 24.3 Å². The lowest BCUT2D eigenvalue weighted by Gasteiger charge is -2.16. The Hall–Kier alpha value is -0.430. The number of nitrogens with zero attached hydrogens (tertiary/aromatic N) is 1. The van der Waals surface area contributed by atoms with Gasteiger partial charge in [0.05, 0.1) is 11.0 Å². The molecule has 0 bridgehead atoms. The summed E-state index contributed by atoms with van der Waals surface area (Å²) in [6.07, 6.45) is -0.0405. The van der Waals surface area contributed by atoms with Crippen LogP contribution in [0.4, 0.5) is 0 Å². The molecule has 1 atom stereocenters. The molecule has 1 aliphatic heterocycles. The van der Waals surface area contributed by atoms with Crippen molar-refractivity contribution < 1.29 is 13.5 Å². The molecule has 0 radical (unpaired) electrons. The number of rotatable bonds is 2. The number of sulfonamides is 1. The smallest absolute Gasteiger partial charge is 0.244 e. The van der Waals surface area contributed by atoms with Gasteiger partial charge in [-0.2, -0.15) is 4.31 Å². The van der Waals surface area contributed by atoms with Crippen molar-refractivity contribution in [3.63, 3.8) is 0 Å². The maximum absolute atomic E-state index is 12.2. The van der Waals surface area contributed by atoms with Gasteiger partial charge in [0, 0.05) is 17.6 Å². The lowest BCUT2D eigenvalue weighted by molar-refractivity contribution is 0.189. The zero-order valence-electron chi connectivity index (χ0n) is 8.51. The second kappa shape index (κ2) is 4.44. The molecule has 0 unspecified atom stereocenters. The Balaban J connectivity index is 2.36. The van der Waals surface area contributed by atoms with E-state index in [9.17, 15) is 13.5 Å². The molecular weight excluding hydrogens is 294 g/mol. The van der Waals surface area contributed by atoms with Gasteiger partial charge in [-0.15, -0.1) is 0 Å². The highest BCUT2D eigenvalue weighted by Crippen LogP contribution is 2.26. The summed E-state index contributed by atoms with van der Waals surface area (Å²) >= 11 is 3.23. The number of aliphatic hydroxyl groups is 1. The molecule has 2 rings (SSSR count). The first kappa shape index (κ1) is 12.0. The van der Waals surface area contributed by atoms with E-state index in [1.807, 2.05) is 0 Å². The van der Waals surface area contributed by atoms with Crippen molar-refractivity contribution >= 4 is 26.0 Å². The summed E-state index contributed by atoms with van der Waals surface area (Å²) in [4.78, 5) is 0.254. The van der Waals surface area contributed by atoms with Gasteiger partial charge in [-0.25, -0.2) is 8.42 Å². The summed E-state index contributed by atoms with van der Waals surface area (Å²) in [6.45, 7) is 0.564. The SMILES string of the molecule is O=S(=O)(c1ccccc1Br)N1CC[C@@H](O)C1. The van der Waals surface area contributed by atoms with E-state index in [1.165, 1.54) is 4.31 Å². The summed E-state index contributed by atoms with van der Waals surface area (Å²) in [5.41, 5.74) is 0. The predicted molar refractivity (Wildman–Crippen MR) is 63.5 cm³/mol. The molecule has 1 heterocycles. The Morgan fingerprint density at radius 2 is 2.06 bits per heavy atom. The first-order chi connectivity index (χ1) is 7.51. The van der Waals surface area contributed by atoms with E-state index in [2.05, 4.69) is 15.9 Å². The van der Waals surface area contributed by atoms with E-state index in [0.29, 0.717) is 17.4 Å². The average molecular weight is 306 g/mol. The maximum Gasteiger partial charge on any atom is 0.244 e. The highest BCUT2D eigenvalue weighted by atomic mass is 79.9. The molecule has 0 saturated carbocycles. The fourth-order valence-electron chi connectivity index (χ4n) is 1.72. The Morgan fingerprint density at radius 3 is 2.62 bits per heavy atom. The summed E-state index contributed by atoms with van der Waals surface area (Å²) in [7, 11) is -3.48. The molecule has 0 amide bonds. The number of hydrogen-bond donors (Lipinski definition) is 1. The number of hydrogen-bond acceptors (Lipinski definition) is 3. The molecule has 1 aliphatic rings.